The number of amides is 1. The molecule has 0 saturated carbocycles. The Balaban J connectivity index is 1.87. The van der Waals surface area contributed by atoms with Crippen molar-refractivity contribution in [2.45, 2.75) is 18.8 Å². The zero-order valence-corrected chi connectivity index (χ0v) is 11.7. The van der Waals surface area contributed by atoms with E-state index in [2.05, 4.69) is 5.32 Å². The summed E-state index contributed by atoms with van der Waals surface area (Å²) in [6.07, 6.45) is 0.173. The number of alkyl halides is 1. The molecule has 2 N–H and O–H groups in total. The highest BCUT2D eigenvalue weighted by Crippen LogP contribution is 2.15. The van der Waals surface area contributed by atoms with Crippen LogP contribution in [0.25, 0.3) is 0 Å². The Morgan fingerprint density at radius 1 is 1.05 bits per heavy atom. The van der Waals surface area contributed by atoms with Gasteiger partial charge < -0.3 is 10.4 Å². The van der Waals surface area contributed by atoms with Crippen LogP contribution in [0.3, 0.4) is 0 Å². The van der Waals surface area contributed by atoms with E-state index in [1.807, 2.05) is 24.3 Å². The lowest BCUT2D eigenvalue weighted by Crippen LogP contribution is -2.24. The Morgan fingerprint density at radius 3 is 2.35 bits per heavy atom. The van der Waals surface area contributed by atoms with Crippen LogP contribution < -0.4 is 5.32 Å². The number of hydrogen-bond donors (Lipinski definition) is 2. The third-order valence-electron chi connectivity index (χ3n) is 3.01. The lowest BCUT2D eigenvalue weighted by atomic mass is 10.1. The number of carbonyl (C=O) groups is 1. The van der Waals surface area contributed by atoms with E-state index in [4.69, 9.17) is 11.6 Å². The highest BCUT2D eigenvalue weighted by Gasteiger charge is 2.06. The van der Waals surface area contributed by atoms with E-state index in [0.29, 0.717) is 18.0 Å². The van der Waals surface area contributed by atoms with Gasteiger partial charge in [0.15, 0.2) is 0 Å². The first kappa shape index (κ1) is 14.4. The average Bonchev–Trinajstić information content (AvgIpc) is 2.48. The van der Waals surface area contributed by atoms with Gasteiger partial charge in [-0.05, 0) is 17.2 Å². The molecule has 20 heavy (non-hydrogen) atoms. The fourth-order valence-corrected chi connectivity index (χ4v) is 2.02. The topological polar surface area (TPSA) is 49.3 Å². The number of rotatable bonds is 5. The second kappa shape index (κ2) is 6.96. The molecule has 0 spiro atoms. The van der Waals surface area contributed by atoms with Crippen molar-refractivity contribution in [2.75, 3.05) is 0 Å². The molecule has 0 aromatic heterocycles. The minimum Gasteiger partial charge on any atom is -0.508 e. The highest BCUT2D eigenvalue weighted by atomic mass is 35.5. The minimum atomic E-state index is -0.118. The Labute approximate surface area is 123 Å². The number of halogens is 1. The molecule has 0 bridgehead atoms. The van der Waals surface area contributed by atoms with E-state index >= 15 is 0 Å². The lowest BCUT2D eigenvalue weighted by molar-refractivity contribution is -0.120. The second-order valence-electron chi connectivity index (χ2n) is 4.53. The molecule has 4 heteroatoms. The van der Waals surface area contributed by atoms with E-state index in [1.165, 1.54) is 0 Å². The predicted octanol–water partition coefficient (Wildman–Crippen LogP) is 2.99. The first-order valence-electron chi connectivity index (χ1n) is 6.36. The van der Waals surface area contributed by atoms with Crippen LogP contribution in [0.15, 0.2) is 48.5 Å². The number of phenolic OH excluding ortho intramolecular Hbond substituents is 1. The molecule has 2 aromatic rings. The molecule has 1 amide bonds. The summed E-state index contributed by atoms with van der Waals surface area (Å²) in [6.45, 7) is 0.467. The molecule has 3 nitrogen and oxygen atoms in total. The van der Waals surface area contributed by atoms with Crippen LogP contribution >= 0.6 is 11.6 Å². The lowest BCUT2D eigenvalue weighted by Gasteiger charge is -2.07. The standard InChI is InChI=1S/C16H16ClNO2/c17-10-12-5-7-13(8-6-12)11-18-16(20)9-14-3-1-2-4-15(14)19/h1-8,19H,9-11H2,(H,18,20). The summed E-state index contributed by atoms with van der Waals surface area (Å²) in [5, 5.41) is 12.4. The van der Waals surface area contributed by atoms with Gasteiger partial charge in [0.2, 0.25) is 5.91 Å². The van der Waals surface area contributed by atoms with Crippen molar-refractivity contribution in [3.63, 3.8) is 0 Å². The molecule has 0 aliphatic carbocycles. The van der Waals surface area contributed by atoms with Gasteiger partial charge in [-0.1, -0.05) is 42.5 Å². The molecule has 0 atom stereocenters. The monoisotopic (exact) mass is 289 g/mol. The fourth-order valence-electron chi connectivity index (χ4n) is 1.84. The maximum atomic E-state index is 11.8. The third-order valence-corrected chi connectivity index (χ3v) is 3.32. The van der Waals surface area contributed by atoms with Gasteiger partial charge >= 0.3 is 0 Å². The molecule has 104 valence electrons. The van der Waals surface area contributed by atoms with Gasteiger partial charge in [0.1, 0.15) is 5.75 Å². The van der Waals surface area contributed by atoms with Crippen molar-refractivity contribution in [3.05, 3.63) is 65.2 Å². The first-order chi connectivity index (χ1) is 9.69. The average molecular weight is 290 g/mol. The van der Waals surface area contributed by atoms with Crippen molar-refractivity contribution in [2.24, 2.45) is 0 Å². The summed E-state index contributed by atoms with van der Waals surface area (Å²) >= 11 is 5.72. The van der Waals surface area contributed by atoms with Gasteiger partial charge in [0, 0.05) is 18.0 Å². The van der Waals surface area contributed by atoms with Crippen molar-refractivity contribution < 1.29 is 9.90 Å². The highest BCUT2D eigenvalue weighted by molar-refractivity contribution is 6.17. The smallest absolute Gasteiger partial charge is 0.224 e. The summed E-state index contributed by atoms with van der Waals surface area (Å²) < 4.78 is 0. The van der Waals surface area contributed by atoms with Crippen LogP contribution in [-0.4, -0.2) is 11.0 Å². The molecule has 2 rings (SSSR count). The Morgan fingerprint density at radius 2 is 1.70 bits per heavy atom. The number of benzene rings is 2. The van der Waals surface area contributed by atoms with E-state index in [1.54, 1.807) is 24.3 Å². The molecular formula is C16H16ClNO2. The summed E-state index contributed by atoms with van der Waals surface area (Å²) in [6, 6.07) is 14.6. The van der Waals surface area contributed by atoms with Gasteiger partial charge in [0.25, 0.3) is 0 Å². The molecule has 0 aliphatic heterocycles. The Bertz CT molecular complexity index is 581. The van der Waals surface area contributed by atoms with Crippen molar-refractivity contribution in [1.29, 1.82) is 0 Å². The van der Waals surface area contributed by atoms with E-state index in [0.717, 1.165) is 11.1 Å². The van der Waals surface area contributed by atoms with Gasteiger partial charge in [-0.15, -0.1) is 11.6 Å². The molecule has 0 radical (unpaired) electrons. The van der Waals surface area contributed by atoms with Crippen LogP contribution in [0.1, 0.15) is 16.7 Å². The van der Waals surface area contributed by atoms with Gasteiger partial charge in [-0.2, -0.15) is 0 Å². The number of carbonyl (C=O) groups excluding carboxylic acids is 1. The molecule has 0 unspecified atom stereocenters. The van der Waals surface area contributed by atoms with E-state index in [-0.39, 0.29) is 18.1 Å². The minimum absolute atomic E-state index is 0.118. The number of hydrogen-bond acceptors (Lipinski definition) is 2. The van der Waals surface area contributed by atoms with Crippen LogP contribution in [0, 0.1) is 0 Å². The summed E-state index contributed by atoms with van der Waals surface area (Å²) in [7, 11) is 0. The van der Waals surface area contributed by atoms with Crippen molar-refractivity contribution in [3.8, 4) is 5.75 Å². The fraction of sp³-hybridized carbons (Fsp3) is 0.188. The van der Waals surface area contributed by atoms with E-state index in [9.17, 15) is 9.90 Å². The molecular weight excluding hydrogens is 274 g/mol. The number of aromatic hydroxyl groups is 1. The Hall–Kier alpha value is -2.00. The number of para-hydroxylation sites is 1. The zero-order valence-electron chi connectivity index (χ0n) is 11.0. The van der Waals surface area contributed by atoms with Crippen LogP contribution in [-0.2, 0) is 23.6 Å². The maximum absolute atomic E-state index is 11.8. The largest absolute Gasteiger partial charge is 0.508 e. The van der Waals surface area contributed by atoms with E-state index < -0.39 is 0 Å². The molecule has 2 aromatic carbocycles. The molecule has 0 fully saturated rings. The molecule has 0 saturated heterocycles. The summed E-state index contributed by atoms with van der Waals surface area (Å²) in [4.78, 5) is 11.8. The van der Waals surface area contributed by atoms with Gasteiger partial charge in [0.05, 0.1) is 6.42 Å². The normalized spacial score (nSPS) is 10.2. The molecule has 0 heterocycles. The van der Waals surface area contributed by atoms with Crippen molar-refractivity contribution >= 4 is 17.5 Å². The number of phenols is 1. The van der Waals surface area contributed by atoms with Crippen LogP contribution in [0.5, 0.6) is 5.75 Å². The quantitative estimate of drug-likeness (QED) is 0.832. The first-order valence-corrected chi connectivity index (χ1v) is 6.90. The second-order valence-corrected chi connectivity index (χ2v) is 4.80. The predicted molar refractivity (Wildman–Crippen MR) is 79.7 cm³/mol. The molecule has 0 aliphatic rings. The third kappa shape index (κ3) is 4.00. The number of nitrogens with one attached hydrogen (secondary N) is 1. The van der Waals surface area contributed by atoms with Gasteiger partial charge in [-0.25, -0.2) is 0 Å². The summed E-state index contributed by atoms with van der Waals surface area (Å²) in [5.74, 6) is 0.516. The van der Waals surface area contributed by atoms with Crippen LogP contribution in [0.2, 0.25) is 0 Å². The Kier molecular flexibility index (Phi) is 5.02. The van der Waals surface area contributed by atoms with Crippen LogP contribution in [0.4, 0.5) is 0 Å². The maximum Gasteiger partial charge on any atom is 0.224 e. The van der Waals surface area contributed by atoms with Gasteiger partial charge in [-0.3, -0.25) is 4.79 Å². The summed E-state index contributed by atoms with van der Waals surface area (Å²) in [5.41, 5.74) is 2.70. The SMILES string of the molecule is O=C(Cc1ccccc1O)NCc1ccc(CCl)cc1. The zero-order chi connectivity index (χ0) is 14.4. The van der Waals surface area contributed by atoms with Crippen molar-refractivity contribution in [1.82, 2.24) is 5.32 Å².